The molecule has 3 N–H and O–H groups in total. The molecule has 0 atom stereocenters. The Kier molecular flexibility index (Phi) is 6.87. The Balaban J connectivity index is 2.49. The van der Waals surface area contributed by atoms with Crippen LogP contribution in [-0.2, 0) is 18.0 Å². The number of thiocarbonyl (C=S) groups is 1. The third-order valence-corrected chi connectivity index (χ3v) is 4.32. The number of rotatable bonds is 5. The molecule has 1 heterocycles. The zero-order chi connectivity index (χ0) is 22.8. The molecule has 0 amide bonds. The van der Waals surface area contributed by atoms with Crippen LogP contribution in [0.15, 0.2) is 27.8 Å². The van der Waals surface area contributed by atoms with Crippen LogP contribution in [0.2, 0.25) is 5.02 Å². The number of hydrogen-bond acceptors (Lipinski definition) is 4. The fourth-order valence-electron chi connectivity index (χ4n) is 2.37. The molecule has 30 heavy (non-hydrogen) atoms. The minimum atomic E-state index is -4.97. The molecule has 0 fully saturated rings. The van der Waals surface area contributed by atoms with Crippen molar-refractivity contribution < 1.29 is 27.5 Å². The van der Waals surface area contributed by atoms with E-state index in [0.29, 0.717) is 0 Å². The fourth-order valence-corrected chi connectivity index (χ4v) is 2.78. The van der Waals surface area contributed by atoms with Gasteiger partial charge in [-0.25, -0.2) is 13.8 Å². The Labute approximate surface area is 175 Å². The number of alkyl halides is 3. The first-order valence-electron chi connectivity index (χ1n) is 7.99. The number of benzene rings is 1. The number of aliphatic carboxylic acids is 1. The van der Waals surface area contributed by atoms with Gasteiger partial charge in [0.15, 0.2) is 5.11 Å². The molecule has 0 bridgehead atoms. The molecule has 0 radical (unpaired) electrons. The van der Waals surface area contributed by atoms with Gasteiger partial charge >= 0.3 is 17.8 Å². The molecule has 0 aliphatic rings. The van der Waals surface area contributed by atoms with Crippen molar-refractivity contribution in [3.8, 4) is 5.69 Å². The van der Waals surface area contributed by atoms with Crippen molar-refractivity contribution >= 4 is 40.6 Å². The van der Waals surface area contributed by atoms with Crippen LogP contribution in [0.1, 0.15) is 12.1 Å². The van der Waals surface area contributed by atoms with Crippen LogP contribution >= 0.6 is 23.8 Å². The predicted octanol–water partition coefficient (Wildman–Crippen LogP) is 2.11. The maximum absolute atomic E-state index is 14.4. The number of hydrogen-bond donors (Lipinski definition) is 3. The van der Waals surface area contributed by atoms with Gasteiger partial charge in [0.2, 0.25) is 0 Å². The van der Waals surface area contributed by atoms with Gasteiger partial charge in [-0.1, -0.05) is 11.6 Å². The van der Waals surface area contributed by atoms with Crippen molar-refractivity contribution in [1.82, 2.24) is 14.5 Å². The van der Waals surface area contributed by atoms with E-state index in [4.69, 9.17) is 28.9 Å². The molecule has 1 aromatic carbocycles. The Morgan fingerprint density at radius 3 is 2.47 bits per heavy atom. The molecule has 14 heteroatoms. The summed E-state index contributed by atoms with van der Waals surface area (Å²) in [5, 5.41) is 13.4. The van der Waals surface area contributed by atoms with Crippen molar-refractivity contribution in [2.75, 3.05) is 11.9 Å². The Bertz CT molecular complexity index is 1130. The molecule has 0 aliphatic carbocycles. The number of nitrogens with zero attached hydrogens (tertiary/aromatic N) is 2. The largest absolute Gasteiger partial charge is 0.481 e. The minimum absolute atomic E-state index is 0.0360. The molecular formula is C16H13ClF4N4O4S. The van der Waals surface area contributed by atoms with Crippen LogP contribution in [-0.4, -0.2) is 31.9 Å². The molecule has 0 unspecified atom stereocenters. The van der Waals surface area contributed by atoms with E-state index in [9.17, 15) is 31.9 Å². The van der Waals surface area contributed by atoms with Gasteiger partial charge < -0.3 is 15.7 Å². The third kappa shape index (κ3) is 5.16. The smallest absolute Gasteiger partial charge is 0.431 e. The maximum atomic E-state index is 14.4. The topological polar surface area (TPSA) is 105 Å². The van der Waals surface area contributed by atoms with Gasteiger partial charge in [0.25, 0.3) is 5.56 Å². The van der Waals surface area contributed by atoms with Crippen LogP contribution in [0.4, 0.5) is 23.2 Å². The summed E-state index contributed by atoms with van der Waals surface area (Å²) in [6, 6.07) is 1.82. The van der Waals surface area contributed by atoms with E-state index in [0.717, 1.165) is 19.2 Å². The summed E-state index contributed by atoms with van der Waals surface area (Å²) in [5.41, 5.74) is -5.06. The molecule has 8 nitrogen and oxygen atoms in total. The van der Waals surface area contributed by atoms with Gasteiger partial charge in [0.05, 0.1) is 22.8 Å². The number of carboxylic acids is 1. The fraction of sp³-hybridized carbons (Fsp3) is 0.250. The number of carbonyl (C=O) groups is 1. The van der Waals surface area contributed by atoms with Gasteiger partial charge in [-0.05, 0) is 24.4 Å². The Morgan fingerprint density at radius 1 is 1.27 bits per heavy atom. The van der Waals surface area contributed by atoms with Gasteiger partial charge in [-0.2, -0.15) is 13.2 Å². The first-order valence-corrected chi connectivity index (χ1v) is 8.78. The van der Waals surface area contributed by atoms with Crippen LogP contribution in [0.3, 0.4) is 0 Å². The highest BCUT2D eigenvalue weighted by Gasteiger charge is 2.35. The Morgan fingerprint density at radius 2 is 1.90 bits per heavy atom. The summed E-state index contributed by atoms with van der Waals surface area (Å²) in [6.45, 7) is -0.0360. The molecule has 2 rings (SSSR count). The zero-order valence-electron chi connectivity index (χ0n) is 15.0. The monoisotopic (exact) mass is 468 g/mol. The normalized spacial score (nSPS) is 11.3. The lowest BCUT2D eigenvalue weighted by atomic mass is 10.2. The standard InChI is InChI=1S/C16H13ClF4N4O4S/c1-24-11(16(19,20)21)6-12(26)25(15(24)29)10-5-9(7(17)4-8(10)18)23-14(30)22-3-2-13(27)28/h4-6H,2-3H2,1H3,(H,27,28)(H2,22,23,30). The first kappa shape index (κ1) is 23.3. The highest BCUT2D eigenvalue weighted by molar-refractivity contribution is 7.80. The number of halogens is 5. The van der Waals surface area contributed by atoms with Gasteiger partial charge in [0, 0.05) is 19.7 Å². The van der Waals surface area contributed by atoms with Crippen molar-refractivity contribution in [2.24, 2.45) is 7.05 Å². The average molecular weight is 469 g/mol. The first-order chi connectivity index (χ1) is 13.8. The summed E-state index contributed by atoms with van der Waals surface area (Å²) in [7, 11) is 0.787. The molecule has 2 aromatic rings. The summed E-state index contributed by atoms with van der Waals surface area (Å²) in [6.07, 6.45) is -5.22. The lowest BCUT2D eigenvalue weighted by Gasteiger charge is -2.16. The predicted molar refractivity (Wildman–Crippen MR) is 104 cm³/mol. The molecule has 0 aliphatic heterocycles. The summed E-state index contributed by atoms with van der Waals surface area (Å²) in [4.78, 5) is 35.0. The van der Waals surface area contributed by atoms with Crippen molar-refractivity contribution in [1.29, 1.82) is 0 Å². The van der Waals surface area contributed by atoms with E-state index in [1.165, 1.54) is 0 Å². The third-order valence-electron chi connectivity index (χ3n) is 3.76. The van der Waals surface area contributed by atoms with Crippen LogP contribution < -0.4 is 21.9 Å². The highest BCUT2D eigenvalue weighted by Crippen LogP contribution is 2.28. The second-order valence-electron chi connectivity index (χ2n) is 5.85. The zero-order valence-corrected chi connectivity index (χ0v) is 16.6. The molecular weight excluding hydrogens is 456 g/mol. The van der Waals surface area contributed by atoms with E-state index in [2.05, 4.69) is 10.6 Å². The van der Waals surface area contributed by atoms with Gasteiger partial charge in [0.1, 0.15) is 11.5 Å². The highest BCUT2D eigenvalue weighted by atomic mass is 35.5. The van der Waals surface area contributed by atoms with E-state index < -0.39 is 40.6 Å². The number of aromatic nitrogens is 2. The van der Waals surface area contributed by atoms with Gasteiger partial charge in [-0.3, -0.25) is 14.2 Å². The molecule has 0 saturated carbocycles. The van der Waals surface area contributed by atoms with E-state index in [1.807, 2.05) is 0 Å². The lowest BCUT2D eigenvalue weighted by molar-refractivity contribution is -0.144. The van der Waals surface area contributed by atoms with E-state index in [1.54, 1.807) is 0 Å². The molecule has 1 aromatic heterocycles. The second-order valence-corrected chi connectivity index (χ2v) is 6.67. The second kappa shape index (κ2) is 8.83. The lowest BCUT2D eigenvalue weighted by Crippen LogP contribution is -2.41. The number of carboxylic acid groups (broad SMARTS) is 1. The molecule has 0 spiro atoms. The molecule has 0 saturated heterocycles. The van der Waals surface area contributed by atoms with Gasteiger partial charge in [-0.15, -0.1) is 0 Å². The quantitative estimate of drug-likeness (QED) is 0.456. The van der Waals surface area contributed by atoms with Crippen LogP contribution in [0.5, 0.6) is 0 Å². The van der Waals surface area contributed by atoms with Crippen LogP contribution in [0.25, 0.3) is 5.69 Å². The van der Waals surface area contributed by atoms with Crippen molar-refractivity contribution in [2.45, 2.75) is 12.6 Å². The summed E-state index contributed by atoms with van der Waals surface area (Å²) in [5.74, 6) is -2.22. The van der Waals surface area contributed by atoms with Crippen molar-refractivity contribution in [3.05, 3.63) is 55.6 Å². The number of anilines is 1. The average Bonchev–Trinajstić information content (AvgIpc) is 2.60. The number of nitrogens with one attached hydrogen (secondary N) is 2. The maximum Gasteiger partial charge on any atom is 0.431 e. The van der Waals surface area contributed by atoms with E-state index >= 15 is 0 Å². The summed E-state index contributed by atoms with van der Waals surface area (Å²) < 4.78 is 53.7. The summed E-state index contributed by atoms with van der Waals surface area (Å²) >= 11 is 10.9. The Hall–Kier alpha value is -2.93. The SMILES string of the molecule is Cn1c(C(F)(F)F)cc(=O)n(-c2cc(NC(=S)NCCC(=O)O)c(Cl)cc2F)c1=O. The van der Waals surface area contributed by atoms with Crippen molar-refractivity contribution in [3.63, 3.8) is 0 Å². The minimum Gasteiger partial charge on any atom is -0.481 e. The van der Waals surface area contributed by atoms with Crippen LogP contribution in [0, 0.1) is 5.82 Å². The molecule has 162 valence electrons. The van der Waals surface area contributed by atoms with E-state index in [-0.39, 0.29) is 44.0 Å².